The molecule has 9 heteroatoms. The second-order valence-corrected chi connectivity index (χ2v) is 5.29. The summed E-state index contributed by atoms with van der Waals surface area (Å²) in [6.45, 7) is 0. The van der Waals surface area contributed by atoms with E-state index in [1.54, 1.807) is 0 Å². The van der Waals surface area contributed by atoms with Crippen LogP contribution in [0.4, 0.5) is 0 Å². The lowest BCUT2D eigenvalue weighted by Gasteiger charge is -2.08. The van der Waals surface area contributed by atoms with Crippen LogP contribution in [0.2, 0.25) is 20.4 Å². The van der Waals surface area contributed by atoms with Gasteiger partial charge in [-0.05, 0) is 17.7 Å². The van der Waals surface area contributed by atoms with E-state index < -0.39 is 0 Å². The van der Waals surface area contributed by atoms with Crippen molar-refractivity contribution in [3.05, 3.63) is 38.7 Å². The van der Waals surface area contributed by atoms with Gasteiger partial charge in [-0.3, -0.25) is 5.10 Å². The number of H-pyrrole nitrogens is 1. The van der Waals surface area contributed by atoms with Crippen molar-refractivity contribution in [3.63, 3.8) is 0 Å². The molecule has 102 valence electrons. The fourth-order valence-corrected chi connectivity index (χ4v) is 2.28. The number of ether oxygens (including phenoxy) is 1. The third-order valence-corrected chi connectivity index (χ3v) is 3.62. The summed E-state index contributed by atoms with van der Waals surface area (Å²) in [6, 6.07) is 2.98. The minimum Gasteiger partial charge on any atom is -0.436 e. The van der Waals surface area contributed by atoms with Crippen molar-refractivity contribution in [3.8, 4) is 11.6 Å². The van der Waals surface area contributed by atoms with Crippen molar-refractivity contribution in [2.24, 2.45) is 0 Å². The Labute approximate surface area is 132 Å². The van der Waals surface area contributed by atoms with Crippen molar-refractivity contribution in [1.29, 1.82) is 0 Å². The number of aromatic amines is 1. The summed E-state index contributed by atoms with van der Waals surface area (Å²) >= 11 is 23.7. The van der Waals surface area contributed by atoms with Gasteiger partial charge < -0.3 is 4.74 Å². The first-order chi connectivity index (χ1) is 9.54. The molecule has 0 unspecified atom stereocenters. The molecule has 1 N–H and O–H groups in total. The fourth-order valence-electron chi connectivity index (χ4n) is 1.55. The average molecular weight is 350 g/mol. The van der Waals surface area contributed by atoms with Gasteiger partial charge in [-0.1, -0.05) is 34.8 Å². The molecular weight excluding hydrogens is 346 g/mol. The van der Waals surface area contributed by atoms with Crippen LogP contribution in [0.3, 0.4) is 0 Å². The van der Waals surface area contributed by atoms with E-state index in [1.807, 2.05) is 0 Å². The molecule has 5 nitrogen and oxygen atoms in total. The summed E-state index contributed by atoms with van der Waals surface area (Å²) in [7, 11) is 0. The standard InChI is InChI=1S/C11H4Cl4N4O/c12-5-1-7(14)8(2-6(5)13)20-10-4-3-16-19-9(4)17-11(15)18-10/h1-3H,(H,16,17,18,19). The number of benzene rings is 1. The SMILES string of the molecule is Clc1nc(Oc2cc(Cl)c(Cl)cc2Cl)c2cn[nH]c2n1. The molecule has 0 fully saturated rings. The van der Waals surface area contributed by atoms with E-state index in [9.17, 15) is 0 Å². The number of nitrogens with zero attached hydrogens (tertiary/aromatic N) is 3. The zero-order chi connectivity index (χ0) is 14.3. The van der Waals surface area contributed by atoms with Crippen molar-refractivity contribution in [2.45, 2.75) is 0 Å². The van der Waals surface area contributed by atoms with Crippen LogP contribution in [0, 0.1) is 0 Å². The lowest BCUT2D eigenvalue weighted by molar-refractivity contribution is 0.468. The zero-order valence-corrected chi connectivity index (χ0v) is 12.5. The fraction of sp³-hybridized carbons (Fsp3) is 0. The van der Waals surface area contributed by atoms with Gasteiger partial charge in [-0.2, -0.15) is 15.1 Å². The summed E-state index contributed by atoms with van der Waals surface area (Å²) in [6.07, 6.45) is 1.52. The highest BCUT2D eigenvalue weighted by molar-refractivity contribution is 6.43. The molecule has 0 bridgehead atoms. The van der Waals surface area contributed by atoms with Crippen molar-refractivity contribution in [1.82, 2.24) is 20.2 Å². The van der Waals surface area contributed by atoms with Crippen LogP contribution < -0.4 is 4.74 Å². The Balaban J connectivity index is 2.09. The van der Waals surface area contributed by atoms with Gasteiger partial charge in [0.15, 0.2) is 5.65 Å². The topological polar surface area (TPSA) is 63.7 Å². The molecule has 2 aromatic heterocycles. The van der Waals surface area contributed by atoms with E-state index in [-0.39, 0.29) is 11.2 Å². The molecule has 0 aliphatic heterocycles. The molecular formula is C11H4Cl4N4O. The minimum atomic E-state index is 0.0212. The normalized spacial score (nSPS) is 11.0. The van der Waals surface area contributed by atoms with Gasteiger partial charge in [-0.15, -0.1) is 0 Å². The molecule has 0 aliphatic carbocycles. The van der Waals surface area contributed by atoms with Crippen LogP contribution in [-0.2, 0) is 0 Å². The Bertz CT molecular complexity index is 804. The summed E-state index contributed by atoms with van der Waals surface area (Å²) in [5.74, 6) is 0.521. The largest absolute Gasteiger partial charge is 0.436 e. The highest BCUT2D eigenvalue weighted by atomic mass is 35.5. The smallest absolute Gasteiger partial charge is 0.234 e. The van der Waals surface area contributed by atoms with E-state index in [4.69, 9.17) is 51.1 Å². The number of fused-ring (bicyclic) bond motifs is 1. The van der Waals surface area contributed by atoms with E-state index in [2.05, 4.69) is 20.2 Å². The second-order valence-electron chi connectivity index (χ2n) is 3.73. The quantitative estimate of drug-likeness (QED) is 0.535. The van der Waals surface area contributed by atoms with Gasteiger partial charge in [0.1, 0.15) is 11.1 Å². The Morgan fingerprint density at radius 1 is 0.950 bits per heavy atom. The maximum Gasteiger partial charge on any atom is 0.234 e. The maximum atomic E-state index is 6.05. The van der Waals surface area contributed by atoms with Crippen molar-refractivity contribution < 1.29 is 4.74 Å². The molecule has 1 aromatic carbocycles. The summed E-state index contributed by atoms with van der Waals surface area (Å²) in [4.78, 5) is 7.97. The maximum absolute atomic E-state index is 6.05. The van der Waals surface area contributed by atoms with Crippen LogP contribution in [0.25, 0.3) is 11.0 Å². The third kappa shape index (κ3) is 2.50. The summed E-state index contributed by atoms with van der Waals surface area (Å²) in [5.41, 5.74) is 0.455. The third-order valence-electron chi connectivity index (χ3n) is 2.43. The molecule has 0 aliphatic rings. The van der Waals surface area contributed by atoms with Crippen LogP contribution >= 0.6 is 46.4 Å². The molecule has 0 atom stereocenters. The van der Waals surface area contributed by atoms with E-state index >= 15 is 0 Å². The zero-order valence-electron chi connectivity index (χ0n) is 9.49. The summed E-state index contributed by atoms with van der Waals surface area (Å²) < 4.78 is 5.63. The number of hydrogen-bond donors (Lipinski definition) is 1. The van der Waals surface area contributed by atoms with Crippen molar-refractivity contribution in [2.75, 3.05) is 0 Å². The summed E-state index contributed by atoms with van der Waals surface area (Å²) in [5, 5.41) is 8.06. The monoisotopic (exact) mass is 348 g/mol. The highest BCUT2D eigenvalue weighted by Crippen LogP contribution is 2.37. The van der Waals surface area contributed by atoms with E-state index in [0.29, 0.717) is 31.9 Å². The first-order valence-corrected chi connectivity index (χ1v) is 6.75. The molecule has 0 saturated carbocycles. The van der Waals surface area contributed by atoms with Gasteiger partial charge in [0, 0.05) is 6.07 Å². The first kappa shape index (κ1) is 13.7. The Morgan fingerprint density at radius 2 is 1.70 bits per heavy atom. The molecule has 0 radical (unpaired) electrons. The Hall–Kier alpha value is -1.27. The minimum absolute atomic E-state index is 0.0212. The number of halogens is 4. The van der Waals surface area contributed by atoms with Crippen LogP contribution in [-0.4, -0.2) is 20.2 Å². The molecule has 0 saturated heterocycles. The number of aromatic nitrogens is 4. The first-order valence-electron chi connectivity index (χ1n) is 5.23. The number of rotatable bonds is 2. The molecule has 0 amide bonds. The van der Waals surface area contributed by atoms with Gasteiger partial charge in [0.2, 0.25) is 11.2 Å². The lowest BCUT2D eigenvalue weighted by atomic mass is 10.3. The van der Waals surface area contributed by atoms with E-state index in [1.165, 1.54) is 18.3 Å². The molecule has 20 heavy (non-hydrogen) atoms. The highest BCUT2D eigenvalue weighted by Gasteiger charge is 2.14. The Morgan fingerprint density at radius 3 is 2.50 bits per heavy atom. The molecule has 2 heterocycles. The molecule has 3 rings (SSSR count). The van der Waals surface area contributed by atoms with Crippen LogP contribution in [0.15, 0.2) is 18.3 Å². The van der Waals surface area contributed by atoms with Gasteiger partial charge in [-0.25, -0.2) is 0 Å². The number of hydrogen-bond acceptors (Lipinski definition) is 4. The van der Waals surface area contributed by atoms with Crippen molar-refractivity contribution >= 4 is 57.4 Å². The predicted octanol–water partition coefficient (Wildman–Crippen LogP) is 4.76. The van der Waals surface area contributed by atoms with Crippen LogP contribution in [0.5, 0.6) is 11.6 Å². The Kier molecular flexibility index (Phi) is 3.60. The molecule has 0 spiro atoms. The van der Waals surface area contributed by atoms with Gasteiger partial charge in [0.05, 0.1) is 21.3 Å². The van der Waals surface area contributed by atoms with Crippen LogP contribution in [0.1, 0.15) is 0 Å². The van der Waals surface area contributed by atoms with E-state index in [0.717, 1.165) is 0 Å². The van der Waals surface area contributed by atoms with Gasteiger partial charge in [0.25, 0.3) is 0 Å². The van der Waals surface area contributed by atoms with Gasteiger partial charge >= 0.3 is 0 Å². The molecule has 3 aromatic rings. The lowest BCUT2D eigenvalue weighted by Crippen LogP contribution is -1.93. The number of nitrogens with one attached hydrogen (secondary N) is 1. The second kappa shape index (κ2) is 5.26. The predicted molar refractivity (Wildman–Crippen MR) is 78.2 cm³/mol. The average Bonchev–Trinajstić information content (AvgIpc) is 2.84.